The second kappa shape index (κ2) is 18.2. The van der Waals surface area contributed by atoms with Crippen LogP contribution in [0.4, 0.5) is 0 Å². The molecule has 0 atom stereocenters. The molecule has 6 aromatic rings. The van der Waals surface area contributed by atoms with Gasteiger partial charge >= 0.3 is 0 Å². The Kier molecular flexibility index (Phi) is 13.8. The van der Waals surface area contributed by atoms with Gasteiger partial charge in [-0.05, 0) is 79.2 Å². The number of thioether (sulfide) groups is 1. The number of unbranched alkanes of at least 4 members (excludes halogenated alkanes) is 2. The molecule has 0 N–H and O–H groups in total. The van der Waals surface area contributed by atoms with Crippen LogP contribution >= 0.6 is 72.0 Å². The van der Waals surface area contributed by atoms with Gasteiger partial charge < -0.3 is 0 Å². The lowest BCUT2D eigenvalue weighted by Gasteiger charge is -2.16. The zero-order chi connectivity index (χ0) is 34.8. The van der Waals surface area contributed by atoms with Crippen LogP contribution in [-0.4, -0.2) is 47.6 Å². The molecule has 0 unspecified atom stereocenters. The molecule has 9 nitrogen and oxygen atoms in total. The summed E-state index contributed by atoms with van der Waals surface area (Å²) in [6.45, 7) is 8.42. The summed E-state index contributed by atoms with van der Waals surface area (Å²) in [6, 6.07) is 15.7. The predicted molar refractivity (Wildman–Crippen MR) is 211 cm³/mol. The molecular weight excluding hydrogens is 727 g/mol. The molecular formula is C34H37N9S6. The smallest absolute Gasteiger partial charge is 0.191 e. The van der Waals surface area contributed by atoms with Crippen LogP contribution in [0, 0.1) is 9.54 Å². The maximum Gasteiger partial charge on any atom is 0.191 e. The molecule has 49 heavy (non-hydrogen) atoms. The van der Waals surface area contributed by atoms with Crippen molar-refractivity contribution in [1.82, 2.24) is 41.3 Å². The van der Waals surface area contributed by atoms with Gasteiger partial charge in [0.15, 0.2) is 9.54 Å². The molecule has 0 saturated heterocycles. The molecule has 0 aromatic carbocycles. The van der Waals surface area contributed by atoms with Crippen molar-refractivity contribution in [3.8, 4) is 22.7 Å². The average molecular weight is 764 g/mol. The molecule has 7 heterocycles. The van der Waals surface area contributed by atoms with Crippen molar-refractivity contribution in [2.45, 2.75) is 67.1 Å². The van der Waals surface area contributed by atoms with Gasteiger partial charge in [-0.15, -0.1) is 14.9 Å². The van der Waals surface area contributed by atoms with E-state index in [0.717, 1.165) is 42.9 Å². The van der Waals surface area contributed by atoms with Crippen LogP contribution in [0.2, 0.25) is 0 Å². The van der Waals surface area contributed by atoms with Gasteiger partial charge in [0.1, 0.15) is 20.1 Å². The monoisotopic (exact) mass is 763 g/mol. The zero-order valence-electron chi connectivity index (χ0n) is 27.8. The van der Waals surface area contributed by atoms with Gasteiger partial charge in [-0.1, -0.05) is 47.0 Å². The van der Waals surface area contributed by atoms with Crippen LogP contribution in [0.3, 0.4) is 0 Å². The lowest BCUT2D eigenvalue weighted by molar-refractivity contribution is 0.772. The lowest BCUT2D eigenvalue weighted by Crippen LogP contribution is -2.03. The molecule has 7 rings (SSSR count). The van der Waals surface area contributed by atoms with Crippen LogP contribution in [0.5, 0.6) is 0 Å². The predicted octanol–water partition coefficient (Wildman–Crippen LogP) is 10.9. The molecule has 254 valence electrons. The second-order valence-electron chi connectivity index (χ2n) is 10.0. The summed E-state index contributed by atoms with van der Waals surface area (Å²) in [5.41, 5.74) is 3.57. The van der Waals surface area contributed by atoms with E-state index in [2.05, 4.69) is 61.4 Å². The summed E-state index contributed by atoms with van der Waals surface area (Å²) in [6.07, 6.45) is 20.5. The van der Waals surface area contributed by atoms with Gasteiger partial charge in [0.2, 0.25) is 0 Å². The quantitative estimate of drug-likeness (QED) is 0.0802. The molecule has 15 heteroatoms. The van der Waals surface area contributed by atoms with Crippen molar-refractivity contribution >= 4 is 72.0 Å². The molecule has 6 aromatic heterocycles. The summed E-state index contributed by atoms with van der Waals surface area (Å²) in [4.78, 5) is 17.4. The Morgan fingerprint density at radius 2 is 0.959 bits per heavy atom. The second-order valence-corrected chi connectivity index (χ2v) is 15.0. The van der Waals surface area contributed by atoms with Crippen molar-refractivity contribution in [1.29, 1.82) is 0 Å². The zero-order valence-corrected chi connectivity index (χ0v) is 32.7. The third kappa shape index (κ3) is 8.08. The largest absolute Gasteiger partial charge is 0.277 e. The SMILES string of the molecule is CC.CCCCC.CSc1c(SN2Sc3c(n(-c4cccnc4)c(=S)n3-c3cccnc3)S2)n(-c2cccnc2)c(=S)n1-c1cccnc1. The fourth-order valence-corrected chi connectivity index (χ4v) is 10.5. The summed E-state index contributed by atoms with van der Waals surface area (Å²) in [7, 11) is 0. The van der Waals surface area contributed by atoms with Gasteiger partial charge in [-0.2, -0.15) is 0 Å². The number of imidazole rings is 2. The van der Waals surface area contributed by atoms with E-state index in [1.165, 1.54) is 19.3 Å². The first kappa shape index (κ1) is 37.1. The van der Waals surface area contributed by atoms with Crippen molar-refractivity contribution in [2.75, 3.05) is 6.26 Å². The van der Waals surface area contributed by atoms with E-state index in [1.54, 1.807) is 72.4 Å². The maximum atomic E-state index is 6.09. The summed E-state index contributed by atoms with van der Waals surface area (Å²) >= 11 is 18.6. The maximum absolute atomic E-state index is 6.09. The highest BCUT2D eigenvalue weighted by molar-refractivity contribution is 8.27. The minimum Gasteiger partial charge on any atom is -0.277 e. The van der Waals surface area contributed by atoms with Crippen molar-refractivity contribution < 1.29 is 0 Å². The van der Waals surface area contributed by atoms with Crippen molar-refractivity contribution in [2.24, 2.45) is 0 Å². The third-order valence-corrected chi connectivity index (χ3v) is 12.1. The van der Waals surface area contributed by atoms with E-state index in [-0.39, 0.29) is 0 Å². The first-order valence-electron chi connectivity index (χ1n) is 15.8. The summed E-state index contributed by atoms with van der Waals surface area (Å²) in [5, 5.41) is 3.96. The van der Waals surface area contributed by atoms with Gasteiger partial charge in [-0.3, -0.25) is 38.2 Å². The minimum absolute atomic E-state index is 0.632. The van der Waals surface area contributed by atoms with Crippen molar-refractivity contribution in [3.63, 3.8) is 0 Å². The van der Waals surface area contributed by atoms with Gasteiger partial charge in [0, 0.05) is 60.6 Å². The number of rotatable bonds is 9. The fraction of sp³-hybridized carbons (Fsp3) is 0.235. The topological polar surface area (TPSA) is 74.5 Å². The van der Waals surface area contributed by atoms with E-state index >= 15 is 0 Å². The van der Waals surface area contributed by atoms with E-state index in [0.29, 0.717) is 9.54 Å². The normalized spacial score (nSPS) is 12.1. The Balaban J connectivity index is 0.000000616. The Morgan fingerprint density at radius 3 is 1.29 bits per heavy atom. The first-order chi connectivity index (χ1) is 24.1. The minimum atomic E-state index is 0.632. The van der Waals surface area contributed by atoms with Crippen molar-refractivity contribution in [3.05, 3.63) is 108 Å². The molecule has 0 spiro atoms. The van der Waals surface area contributed by atoms with E-state index in [1.807, 2.05) is 87.2 Å². The number of hydrogen-bond donors (Lipinski definition) is 0. The Labute approximate surface area is 315 Å². The Morgan fingerprint density at radius 1 is 0.592 bits per heavy atom. The number of nitrogens with zero attached hydrogens (tertiary/aromatic N) is 9. The third-order valence-electron chi connectivity index (χ3n) is 6.94. The molecule has 1 aliphatic heterocycles. The van der Waals surface area contributed by atoms with E-state index in [4.69, 9.17) is 24.4 Å². The first-order valence-corrected chi connectivity index (χ1v) is 20.2. The van der Waals surface area contributed by atoms with Gasteiger partial charge in [0.25, 0.3) is 0 Å². The van der Waals surface area contributed by atoms with E-state index in [9.17, 15) is 0 Å². The van der Waals surface area contributed by atoms with E-state index < -0.39 is 0 Å². The molecule has 1 aliphatic rings. The molecule has 0 radical (unpaired) electrons. The van der Waals surface area contributed by atoms with Gasteiger partial charge in [0.05, 0.1) is 47.5 Å². The molecule has 0 saturated carbocycles. The summed E-state index contributed by atoms with van der Waals surface area (Å²) < 4.78 is 11.7. The highest BCUT2D eigenvalue weighted by Gasteiger charge is 2.34. The van der Waals surface area contributed by atoms with Crippen LogP contribution in [-0.2, 0) is 0 Å². The molecule has 0 aliphatic carbocycles. The highest BCUT2D eigenvalue weighted by Crippen LogP contribution is 2.55. The number of fused-ring (bicyclic) bond motifs is 1. The Hall–Kier alpha value is -3.18. The van der Waals surface area contributed by atoms with Crippen LogP contribution < -0.4 is 0 Å². The van der Waals surface area contributed by atoms with Crippen LogP contribution in [0.15, 0.2) is 118 Å². The average Bonchev–Trinajstić information content (AvgIpc) is 3.77. The molecule has 0 fully saturated rings. The standard InChI is InChI=1S/C27H19N9S6.C5H12.C2H6/c1-39-22-23(33(19-7-3-11-29-15-19)26(37)32(22)18-6-2-10-28-14-18)40-36-41-24-25(42-36)35(21-9-5-13-31-17-21)27(38)34(24)20-8-4-12-30-16-20;1-3-5-4-2;1-2/h2-17H,1H3;3-5H2,1-2H3;1-2H3. The number of aromatic nitrogens is 8. The van der Waals surface area contributed by atoms with Gasteiger partial charge in [-0.25, -0.2) is 0 Å². The lowest BCUT2D eigenvalue weighted by atomic mass is 10.3. The number of pyridine rings is 4. The van der Waals surface area contributed by atoms with Crippen LogP contribution in [0.25, 0.3) is 22.7 Å². The van der Waals surface area contributed by atoms with Crippen LogP contribution in [0.1, 0.15) is 47.0 Å². The molecule has 0 bridgehead atoms. The molecule has 0 amide bonds. The Bertz CT molecular complexity index is 1970. The number of hydrogen-bond acceptors (Lipinski definition) is 11. The highest BCUT2D eigenvalue weighted by atomic mass is 32.3. The fourth-order valence-electron chi connectivity index (χ4n) is 4.82. The summed E-state index contributed by atoms with van der Waals surface area (Å²) in [5.74, 6) is 0.